The Labute approximate surface area is 136 Å². The quantitative estimate of drug-likeness (QED) is 0.895. The summed E-state index contributed by atoms with van der Waals surface area (Å²) >= 11 is 1.51. The highest BCUT2D eigenvalue weighted by molar-refractivity contribution is 7.99. The fourth-order valence-corrected chi connectivity index (χ4v) is 3.50. The van der Waals surface area contributed by atoms with E-state index in [0.717, 1.165) is 0 Å². The highest BCUT2D eigenvalue weighted by Crippen LogP contribution is 2.24. The molecule has 6 nitrogen and oxygen atoms in total. The van der Waals surface area contributed by atoms with Crippen LogP contribution in [0.2, 0.25) is 0 Å². The monoisotopic (exact) mass is 329 g/mol. The zero-order valence-corrected chi connectivity index (χ0v) is 13.0. The molecule has 2 heterocycles. The molecule has 2 amide bonds. The van der Waals surface area contributed by atoms with Crippen LogP contribution in [0.1, 0.15) is 10.4 Å². The van der Waals surface area contributed by atoms with E-state index in [1.807, 2.05) is 6.07 Å². The number of hydrogen-bond acceptors (Lipinski definition) is 4. The van der Waals surface area contributed by atoms with Gasteiger partial charge in [0.2, 0.25) is 5.91 Å². The fourth-order valence-electron chi connectivity index (χ4n) is 2.34. The van der Waals surface area contributed by atoms with Gasteiger partial charge in [-0.3, -0.25) is 14.4 Å². The molecule has 0 saturated carbocycles. The first-order valence-electron chi connectivity index (χ1n) is 7.09. The summed E-state index contributed by atoms with van der Waals surface area (Å²) in [6.07, 6.45) is 1.49. The Hall–Kier alpha value is -2.54. The maximum atomic E-state index is 12.5. The first-order valence-corrected chi connectivity index (χ1v) is 8.24. The summed E-state index contributed by atoms with van der Waals surface area (Å²) in [6, 6.07) is 11.4. The number of nitrogens with one attached hydrogen (secondary N) is 2. The number of amides is 2. The van der Waals surface area contributed by atoms with Crippen molar-refractivity contribution in [2.75, 3.05) is 16.9 Å². The molecule has 1 aliphatic heterocycles. The Morgan fingerprint density at radius 1 is 1.17 bits per heavy atom. The molecule has 2 aromatic rings. The molecule has 1 saturated heterocycles. The molecule has 1 aromatic carbocycles. The second-order valence-electron chi connectivity index (χ2n) is 5.06. The minimum atomic E-state index is -0.590. The second-order valence-corrected chi connectivity index (χ2v) is 6.06. The Bertz CT molecular complexity index is 775. The normalized spacial score (nSPS) is 17.0. The molecule has 1 atom stereocenters. The van der Waals surface area contributed by atoms with Crippen molar-refractivity contribution < 1.29 is 9.59 Å². The highest BCUT2D eigenvalue weighted by Gasteiger charge is 2.35. The maximum Gasteiger partial charge on any atom is 0.271 e. The van der Waals surface area contributed by atoms with Crippen molar-refractivity contribution in [3.05, 3.63) is 64.6 Å². The van der Waals surface area contributed by atoms with Gasteiger partial charge in [-0.1, -0.05) is 18.2 Å². The number of aromatic nitrogens is 1. The van der Waals surface area contributed by atoms with Gasteiger partial charge in [0, 0.05) is 17.5 Å². The number of benzene rings is 1. The van der Waals surface area contributed by atoms with E-state index in [1.165, 1.54) is 28.9 Å². The second kappa shape index (κ2) is 6.70. The predicted molar refractivity (Wildman–Crippen MR) is 89.4 cm³/mol. The third-order valence-corrected chi connectivity index (χ3v) is 4.55. The van der Waals surface area contributed by atoms with Crippen LogP contribution in [0.25, 0.3) is 0 Å². The largest absolute Gasteiger partial charge is 0.327 e. The van der Waals surface area contributed by atoms with E-state index >= 15 is 0 Å². The molecular weight excluding hydrogens is 314 g/mol. The number of H-pyrrole nitrogens is 1. The molecule has 7 heteroatoms. The average molecular weight is 329 g/mol. The molecule has 3 rings (SSSR count). The average Bonchev–Trinajstić information content (AvgIpc) is 3.07. The van der Waals surface area contributed by atoms with Crippen molar-refractivity contribution >= 4 is 29.3 Å². The SMILES string of the molecule is O=C(Nc1ccc[nH]c1=O)[C@@H]1CSCN1C(=O)c1ccccc1. The van der Waals surface area contributed by atoms with Crippen LogP contribution in [0.3, 0.4) is 0 Å². The lowest BCUT2D eigenvalue weighted by molar-refractivity contribution is -0.119. The van der Waals surface area contributed by atoms with Crippen LogP contribution in [-0.2, 0) is 4.79 Å². The minimum Gasteiger partial charge on any atom is -0.327 e. The van der Waals surface area contributed by atoms with Crippen LogP contribution >= 0.6 is 11.8 Å². The Kier molecular flexibility index (Phi) is 4.47. The lowest BCUT2D eigenvalue weighted by Crippen LogP contribution is -2.45. The van der Waals surface area contributed by atoms with Crippen molar-refractivity contribution in [1.82, 2.24) is 9.88 Å². The van der Waals surface area contributed by atoms with Crippen molar-refractivity contribution in [2.45, 2.75) is 6.04 Å². The number of nitrogens with zero attached hydrogens (tertiary/aromatic N) is 1. The van der Waals surface area contributed by atoms with E-state index in [1.54, 1.807) is 30.3 Å². The third kappa shape index (κ3) is 3.29. The Balaban J connectivity index is 1.76. The van der Waals surface area contributed by atoms with Gasteiger partial charge in [0.1, 0.15) is 11.7 Å². The number of pyridine rings is 1. The number of hydrogen-bond donors (Lipinski definition) is 2. The first-order chi connectivity index (χ1) is 11.2. The predicted octanol–water partition coefficient (Wildman–Crippen LogP) is 1.53. The molecule has 0 unspecified atom stereocenters. The van der Waals surface area contributed by atoms with Gasteiger partial charge in [-0.05, 0) is 24.3 Å². The standard InChI is InChI=1S/C16H15N3O3S/c20-14-12(7-4-8-17-14)18-15(21)13-9-23-10-19(13)16(22)11-5-2-1-3-6-11/h1-8,13H,9-10H2,(H,17,20)(H,18,21)/t13-/m0/s1. The van der Waals surface area contributed by atoms with Crippen molar-refractivity contribution in [1.29, 1.82) is 0 Å². The van der Waals surface area contributed by atoms with Gasteiger partial charge in [0.05, 0.1) is 5.88 Å². The molecular formula is C16H15N3O3S. The summed E-state index contributed by atoms with van der Waals surface area (Å²) < 4.78 is 0. The van der Waals surface area contributed by atoms with Crippen molar-refractivity contribution in [3.63, 3.8) is 0 Å². The molecule has 2 N–H and O–H groups in total. The molecule has 0 aliphatic carbocycles. The van der Waals surface area contributed by atoms with Gasteiger partial charge in [-0.15, -0.1) is 11.8 Å². The van der Waals surface area contributed by atoms with Gasteiger partial charge in [-0.25, -0.2) is 0 Å². The topological polar surface area (TPSA) is 82.3 Å². The minimum absolute atomic E-state index is 0.182. The zero-order valence-electron chi connectivity index (χ0n) is 12.2. The van der Waals surface area contributed by atoms with Gasteiger partial charge in [-0.2, -0.15) is 0 Å². The molecule has 23 heavy (non-hydrogen) atoms. The van der Waals surface area contributed by atoms with Gasteiger partial charge in [0.15, 0.2) is 0 Å². The van der Waals surface area contributed by atoms with E-state index in [9.17, 15) is 14.4 Å². The molecule has 0 spiro atoms. The summed E-state index contributed by atoms with van der Waals surface area (Å²) in [7, 11) is 0. The van der Waals surface area contributed by atoms with E-state index in [2.05, 4.69) is 10.3 Å². The third-order valence-electron chi connectivity index (χ3n) is 3.54. The number of carbonyl (C=O) groups is 2. The smallest absolute Gasteiger partial charge is 0.271 e. The van der Waals surface area contributed by atoms with E-state index < -0.39 is 6.04 Å². The summed E-state index contributed by atoms with van der Waals surface area (Å²) in [5, 5.41) is 2.60. The Morgan fingerprint density at radius 3 is 2.70 bits per heavy atom. The molecule has 1 fully saturated rings. The summed E-state index contributed by atoms with van der Waals surface area (Å²) in [5.41, 5.74) is 0.360. The summed E-state index contributed by atoms with van der Waals surface area (Å²) in [4.78, 5) is 40.7. The fraction of sp³-hybridized carbons (Fsp3) is 0.188. The van der Waals surface area contributed by atoms with E-state index in [4.69, 9.17) is 0 Å². The lowest BCUT2D eigenvalue weighted by Gasteiger charge is -2.23. The Morgan fingerprint density at radius 2 is 1.96 bits per heavy atom. The number of aromatic amines is 1. The van der Waals surface area contributed by atoms with E-state index in [0.29, 0.717) is 17.2 Å². The molecule has 1 aliphatic rings. The van der Waals surface area contributed by atoms with Crippen LogP contribution in [0.15, 0.2) is 53.5 Å². The number of carbonyl (C=O) groups excluding carboxylic acids is 2. The van der Waals surface area contributed by atoms with Crippen LogP contribution in [0.4, 0.5) is 5.69 Å². The number of thioether (sulfide) groups is 1. The highest BCUT2D eigenvalue weighted by atomic mass is 32.2. The first kappa shape index (κ1) is 15.4. The molecule has 0 bridgehead atoms. The lowest BCUT2D eigenvalue weighted by atomic mass is 10.1. The van der Waals surface area contributed by atoms with Gasteiger partial charge < -0.3 is 15.2 Å². The van der Waals surface area contributed by atoms with Crippen molar-refractivity contribution in [3.8, 4) is 0 Å². The molecule has 118 valence electrons. The van der Waals surface area contributed by atoms with Crippen LogP contribution in [0, 0.1) is 0 Å². The van der Waals surface area contributed by atoms with Crippen molar-refractivity contribution in [2.24, 2.45) is 0 Å². The summed E-state index contributed by atoms with van der Waals surface area (Å²) in [6.45, 7) is 0. The zero-order chi connectivity index (χ0) is 16.2. The van der Waals surface area contributed by atoms with Crippen LogP contribution in [-0.4, -0.2) is 39.4 Å². The maximum absolute atomic E-state index is 12.5. The number of anilines is 1. The van der Waals surface area contributed by atoms with Crippen LogP contribution in [0.5, 0.6) is 0 Å². The number of rotatable bonds is 3. The molecule has 0 radical (unpaired) electrons. The van der Waals surface area contributed by atoms with Crippen LogP contribution < -0.4 is 10.9 Å². The van der Waals surface area contributed by atoms with E-state index in [-0.39, 0.29) is 23.1 Å². The van der Waals surface area contributed by atoms with Gasteiger partial charge in [0.25, 0.3) is 11.5 Å². The molecule has 1 aromatic heterocycles. The van der Waals surface area contributed by atoms with Gasteiger partial charge >= 0.3 is 0 Å². The summed E-state index contributed by atoms with van der Waals surface area (Å²) in [5.74, 6) is 0.431.